The molecule has 1 aromatic rings. The van der Waals surface area contributed by atoms with Crippen LogP contribution in [0.15, 0.2) is 18.2 Å². The number of hydrogen-bond donors (Lipinski definition) is 2. The number of benzene rings is 1. The Morgan fingerprint density at radius 2 is 2.25 bits per heavy atom. The highest BCUT2D eigenvalue weighted by molar-refractivity contribution is 6.32. The SMILES string of the molecule is CC(O)(COc1ccc(F)cc1Cl)C(=O)O. The topological polar surface area (TPSA) is 66.8 Å². The van der Waals surface area contributed by atoms with Crippen LogP contribution in [0.2, 0.25) is 5.02 Å². The molecule has 0 aliphatic heterocycles. The Morgan fingerprint density at radius 3 is 2.75 bits per heavy atom. The molecule has 0 aliphatic rings. The van der Waals surface area contributed by atoms with Gasteiger partial charge in [0.1, 0.15) is 18.2 Å². The van der Waals surface area contributed by atoms with Crippen LogP contribution in [-0.2, 0) is 4.79 Å². The van der Waals surface area contributed by atoms with E-state index in [9.17, 15) is 14.3 Å². The number of ether oxygens (including phenoxy) is 1. The summed E-state index contributed by atoms with van der Waals surface area (Å²) in [6, 6.07) is 3.42. The second kappa shape index (κ2) is 4.67. The summed E-state index contributed by atoms with van der Waals surface area (Å²) in [5.41, 5.74) is -2.02. The van der Waals surface area contributed by atoms with Gasteiger partial charge < -0.3 is 14.9 Å². The van der Waals surface area contributed by atoms with Gasteiger partial charge in [-0.1, -0.05) is 11.6 Å². The van der Waals surface area contributed by atoms with Crippen molar-refractivity contribution in [3.05, 3.63) is 29.0 Å². The molecule has 16 heavy (non-hydrogen) atoms. The van der Waals surface area contributed by atoms with Crippen LogP contribution in [0.3, 0.4) is 0 Å². The zero-order chi connectivity index (χ0) is 12.3. The Morgan fingerprint density at radius 1 is 1.62 bits per heavy atom. The van der Waals surface area contributed by atoms with Crippen molar-refractivity contribution < 1.29 is 24.1 Å². The van der Waals surface area contributed by atoms with Crippen LogP contribution in [0.1, 0.15) is 6.92 Å². The van der Waals surface area contributed by atoms with E-state index in [2.05, 4.69) is 0 Å². The number of carbonyl (C=O) groups is 1. The minimum Gasteiger partial charge on any atom is -0.488 e. The van der Waals surface area contributed by atoms with Gasteiger partial charge in [-0.15, -0.1) is 0 Å². The number of carboxylic acids is 1. The predicted molar refractivity (Wildman–Crippen MR) is 55.2 cm³/mol. The van der Waals surface area contributed by atoms with Crippen molar-refractivity contribution in [3.63, 3.8) is 0 Å². The van der Waals surface area contributed by atoms with Gasteiger partial charge in [0.15, 0.2) is 5.60 Å². The molecule has 1 unspecified atom stereocenters. The van der Waals surface area contributed by atoms with E-state index >= 15 is 0 Å². The maximum absolute atomic E-state index is 12.7. The molecule has 0 spiro atoms. The van der Waals surface area contributed by atoms with Crippen LogP contribution in [-0.4, -0.2) is 28.4 Å². The largest absolute Gasteiger partial charge is 0.488 e. The van der Waals surface area contributed by atoms with Crippen molar-refractivity contribution >= 4 is 17.6 Å². The minimum atomic E-state index is -2.02. The summed E-state index contributed by atoms with van der Waals surface area (Å²) in [7, 11) is 0. The molecule has 0 saturated heterocycles. The average Bonchev–Trinajstić information content (AvgIpc) is 2.16. The molecule has 1 aromatic carbocycles. The first-order valence-electron chi connectivity index (χ1n) is 4.36. The van der Waals surface area contributed by atoms with Gasteiger partial charge in [-0.2, -0.15) is 0 Å². The molecule has 0 aromatic heterocycles. The maximum atomic E-state index is 12.7. The van der Waals surface area contributed by atoms with Crippen molar-refractivity contribution in [2.24, 2.45) is 0 Å². The maximum Gasteiger partial charge on any atom is 0.339 e. The van der Waals surface area contributed by atoms with Crippen molar-refractivity contribution in [3.8, 4) is 5.75 Å². The fourth-order valence-electron chi connectivity index (χ4n) is 0.872. The van der Waals surface area contributed by atoms with Crippen molar-refractivity contribution in [1.29, 1.82) is 0 Å². The van der Waals surface area contributed by atoms with Gasteiger partial charge in [-0.25, -0.2) is 9.18 Å². The van der Waals surface area contributed by atoms with Crippen LogP contribution >= 0.6 is 11.6 Å². The first kappa shape index (κ1) is 12.7. The third kappa shape index (κ3) is 3.08. The molecule has 0 heterocycles. The minimum absolute atomic E-state index is 0.0150. The molecule has 1 rings (SSSR count). The third-order valence-electron chi connectivity index (χ3n) is 1.86. The van der Waals surface area contributed by atoms with E-state index in [-0.39, 0.29) is 10.8 Å². The van der Waals surface area contributed by atoms with Crippen molar-refractivity contribution in [2.45, 2.75) is 12.5 Å². The van der Waals surface area contributed by atoms with Gasteiger partial charge in [-0.3, -0.25) is 0 Å². The van der Waals surface area contributed by atoms with Gasteiger partial charge in [0.25, 0.3) is 0 Å². The lowest BCUT2D eigenvalue weighted by Gasteiger charge is -2.18. The molecule has 0 saturated carbocycles. The lowest BCUT2D eigenvalue weighted by Crippen LogP contribution is -2.41. The molecule has 2 N–H and O–H groups in total. The van der Waals surface area contributed by atoms with Crippen LogP contribution in [0.25, 0.3) is 0 Å². The molecule has 4 nitrogen and oxygen atoms in total. The standard InChI is InChI=1S/C10H10ClFO4/c1-10(15,9(13)14)5-16-8-3-2-6(12)4-7(8)11/h2-4,15H,5H2,1H3,(H,13,14). The second-order valence-corrected chi connectivity index (χ2v) is 3.85. The molecule has 0 aliphatic carbocycles. The number of halogens is 2. The van der Waals surface area contributed by atoms with E-state index < -0.39 is 24.0 Å². The van der Waals surface area contributed by atoms with E-state index in [1.807, 2.05) is 0 Å². The fourth-order valence-corrected chi connectivity index (χ4v) is 1.09. The van der Waals surface area contributed by atoms with Gasteiger partial charge in [0.2, 0.25) is 0 Å². The Hall–Kier alpha value is -1.33. The van der Waals surface area contributed by atoms with E-state index in [1.54, 1.807) is 0 Å². The molecular formula is C10H10ClFO4. The molecule has 0 fully saturated rings. The van der Waals surface area contributed by atoms with Crippen LogP contribution < -0.4 is 4.74 Å². The molecule has 0 amide bonds. The smallest absolute Gasteiger partial charge is 0.339 e. The Labute approximate surface area is 96.2 Å². The van der Waals surface area contributed by atoms with Crippen LogP contribution in [0.4, 0.5) is 4.39 Å². The molecule has 0 bridgehead atoms. The Kier molecular flexibility index (Phi) is 3.72. The normalized spacial score (nSPS) is 14.2. The summed E-state index contributed by atoms with van der Waals surface area (Å²) in [6.07, 6.45) is 0. The third-order valence-corrected chi connectivity index (χ3v) is 2.16. The van der Waals surface area contributed by atoms with Gasteiger partial charge in [0.05, 0.1) is 5.02 Å². The number of aliphatic hydroxyl groups is 1. The van der Waals surface area contributed by atoms with E-state index in [0.717, 1.165) is 19.1 Å². The van der Waals surface area contributed by atoms with Crippen LogP contribution in [0.5, 0.6) is 5.75 Å². The molecule has 1 atom stereocenters. The quantitative estimate of drug-likeness (QED) is 0.851. The van der Waals surface area contributed by atoms with E-state index in [0.29, 0.717) is 0 Å². The summed E-state index contributed by atoms with van der Waals surface area (Å²) in [5, 5.41) is 18.0. The number of carboxylic acid groups (broad SMARTS) is 1. The van der Waals surface area contributed by atoms with Crippen LogP contribution in [0, 0.1) is 5.82 Å². The van der Waals surface area contributed by atoms with Gasteiger partial charge in [0, 0.05) is 0 Å². The lowest BCUT2D eigenvalue weighted by molar-refractivity contribution is -0.159. The van der Waals surface area contributed by atoms with Crippen molar-refractivity contribution in [1.82, 2.24) is 0 Å². The second-order valence-electron chi connectivity index (χ2n) is 3.44. The molecule has 88 valence electrons. The zero-order valence-electron chi connectivity index (χ0n) is 8.41. The molecular weight excluding hydrogens is 239 g/mol. The summed E-state index contributed by atoms with van der Waals surface area (Å²) in [5.74, 6) is -1.82. The first-order chi connectivity index (χ1) is 7.33. The summed E-state index contributed by atoms with van der Waals surface area (Å²) >= 11 is 5.64. The van der Waals surface area contributed by atoms with Gasteiger partial charge >= 0.3 is 5.97 Å². The monoisotopic (exact) mass is 248 g/mol. The number of aliphatic carboxylic acids is 1. The highest BCUT2D eigenvalue weighted by Gasteiger charge is 2.31. The highest BCUT2D eigenvalue weighted by atomic mass is 35.5. The Bertz CT molecular complexity index is 406. The summed E-state index contributed by atoms with van der Waals surface area (Å²) < 4.78 is 17.7. The van der Waals surface area contributed by atoms with Gasteiger partial charge in [-0.05, 0) is 25.1 Å². The fraction of sp³-hybridized carbons (Fsp3) is 0.300. The summed E-state index contributed by atoms with van der Waals surface area (Å²) in [6.45, 7) is 0.612. The first-order valence-corrected chi connectivity index (χ1v) is 4.74. The van der Waals surface area contributed by atoms with Crippen molar-refractivity contribution in [2.75, 3.05) is 6.61 Å². The summed E-state index contributed by atoms with van der Waals surface area (Å²) in [4.78, 5) is 10.6. The lowest BCUT2D eigenvalue weighted by atomic mass is 10.1. The van der Waals surface area contributed by atoms with E-state index in [4.69, 9.17) is 21.4 Å². The molecule has 0 radical (unpaired) electrons. The highest BCUT2D eigenvalue weighted by Crippen LogP contribution is 2.25. The Balaban J connectivity index is 2.72. The predicted octanol–water partition coefficient (Wildman–Crippen LogP) is 1.69. The average molecular weight is 249 g/mol. The number of hydrogen-bond acceptors (Lipinski definition) is 3. The number of rotatable bonds is 4. The molecule has 6 heteroatoms. The zero-order valence-corrected chi connectivity index (χ0v) is 9.16. The van der Waals surface area contributed by atoms with E-state index in [1.165, 1.54) is 6.07 Å².